The van der Waals surface area contributed by atoms with E-state index in [1.165, 1.54) is 17.7 Å². The molecule has 0 spiro atoms. The van der Waals surface area contributed by atoms with Crippen molar-refractivity contribution in [2.45, 2.75) is 20.4 Å². The monoisotopic (exact) mass is 231 g/mol. The number of nitrogens with two attached hydrogens (primary N) is 1. The number of carbonyl (C=O) groups excluding carboxylic acids is 1. The van der Waals surface area contributed by atoms with Crippen molar-refractivity contribution < 1.29 is 13.2 Å². The summed E-state index contributed by atoms with van der Waals surface area (Å²) in [4.78, 5) is 11.5. The van der Waals surface area contributed by atoms with Gasteiger partial charge in [0, 0.05) is 12.6 Å². The number of nitrogen functional groups attached to an aromatic ring is 1. The predicted octanol–water partition coefficient (Wildman–Crippen LogP) is 0.0601. The zero-order chi connectivity index (χ0) is 11.6. The van der Waals surface area contributed by atoms with Crippen LogP contribution in [0.1, 0.15) is 24.3 Å². The van der Waals surface area contributed by atoms with Gasteiger partial charge < -0.3 is 5.73 Å². The molecule has 1 aromatic heterocycles. The van der Waals surface area contributed by atoms with Crippen molar-refractivity contribution in [2.24, 2.45) is 0 Å². The zero-order valence-electron chi connectivity index (χ0n) is 8.60. The summed E-state index contributed by atoms with van der Waals surface area (Å²) in [6.07, 6.45) is 0. The Morgan fingerprint density at radius 2 is 2.13 bits per heavy atom. The van der Waals surface area contributed by atoms with Crippen LogP contribution in [0.25, 0.3) is 0 Å². The molecule has 15 heavy (non-hydrogen) atoms. The van der Waals surface area contributed by atoms with Crippen LogP contribution in [-0.4, -0.2) is 29.1 Å². The first kappa shape index (κ1) is 11.7. The van der Waals surface area contributed by atoms with E-state index in [0.29, 0.717) is 6.54 Å². The first-order valence-corrected chi connectivity index (χ1v) is 6.18. The fraction of sp³-hybridized carbons (Fsp3) is 0.500. The van der Waals surface area contributed by atoms with Gasteiger partial charge in [-0.25, -0.2) is 13.1 Å². The largest absolute Gasteiger partial charge is 0.384 e. The van der Waals surface area contributed by atoms with Gasteiger partial charge in [0.1, 0.15) is 11.5 Å². The number of rotatable bonds is 3. The second-order valence-corrected chi connectivity index (χ2v) is 5.14. The topological polar surface area (TPSA) is 95.0 Å². The molecule has 0 aliphatic heterocycles. The quantitative estimate of drug-likeness (QED) is 0.793. The maximum absolute atomic E-state index is 11.5. The number of aromatic nitrogens is 2. The lowest BCUT2D eigenvalue weighted by Gasteiger charge is -1.96. The van der Waals surface area contributed by atoms with Gasteiger partial charge in [-0.15, -0.1) is 0 Å². The first-order chi connectivity index (χ1) is 6.92. The van der Waals surface area contributed by atoms with Gasteiger partial charge in [-0.3, -0.25) is 4.79 Å². The molecule has 0 saturated carbocycles. The van der Waals surface area contributed by atoms with Gasteiger partial charge in [-0.05, 0) is 6.92 Å². The Kier molecular flexibility index (Phi) is 3.13. The summed E-state index contributed by atoms with van der Waals surface area (Å²) in [7, 11) is -3.73. The summed E-state index contributed by atoms with van der Waals surface area (Å²) in [5.74, 6) is 0.0530. The number of sulfone groups is 1. The molecule has 1 heterocycles. The van der Waals surface area contributed by atoms with Crippen molar-refractivity contribution in [1.82, 2.24) is 9.78 Å². The lowest BCUT2D eigenvalue weighted by Crippen LogP contribution is -2.17. The van der Waals surface area contributed by atoms with Crippen LogP contribution in [0, 0.1) is 0 Å². The molecule has 1 rings (SSSR count). The molecule has 84 valence electrons. The van der Waals surface area contributed by atoms with E-state index < -0.39 is 15.0 Å². The molecule has 0 amide bonds. The minimum absolute atomic E-state index is 0.115. The lowest BCUT2D eigenvalue weighted by molar-refractivity contribution is 0.107. The molecular formula is C8H13N3O3S. The molecule has 0 bridgehead atoms. The average molecular weight is 231 g/mol. The van der Waals surface area contributed by atoms with E-state index >= 15 is 0 Å². The van der Waals surface area contributed by atoms with Crippen molar-refractivity contribution in [3.05, 3.63) is 11.8 Å². The molecule has 6 nitrogen and oxygen atoms in total. The van der Waals surface area contributed by atoms with Crippen molar-refractivity contribution in [2.75, 3.05) is 11.5 Å². The summed E-state index contributed by atoms with van der Waals surface area (Å²) in [6, 6.07) is 1.28. The second-order valence-electron chi connectivity index (χ2n) is 2.96. The number of nitrogens with zero attached hydrogens (tertiary/aromatic N) is 2. The summed E-state index contributed by atoms with van der Waals surface area (Å²) in [5, 5.41) is 2.84. The van der Waals surface area contributed by atoms with Crippen LogP contribution in [0.3, 0.4) is 0 Å². The summed E-state index contributed by atoms with van der Waals surface area (Å²) < 4.78 is 23.9. The molecule has 0 fully saturated rings. The normalized spacial score (nSPS) is 11.6. The fourth-order valence-corrected chi connectivity index (χ4v) is 1.76. The molecule has 0 atom stereocenters. The molecule has 0 unspecified atom stereocenters. The Morgan fingerprint density at radius 3 is 2.53 bits per heavy atom. The molecule has 0 aromatic carbocycles. The Hall–Kier alpha value is -1.37. The molecule has 1 aromatic rings. The Morgan fingerprint density at radius 1 is 1.53 bits per heavy atom. The van der Waals surface area contributed by atoms with Crippen molar-refractivity contribution >= 4 is 20.8 Å². The van der Waals surface area contributed by atoms with E-state index in [9.17, 15) is 13.2 Å². The van der Waals surface area contributed by atoms with Crippen LogP contribution >= 0.6 is 0 Å². The smallest absolute Gasteiger partial charge is 0.296 e. The number of aryl methyl sites for hydroxylation is 1. The molecular weight excluding hydrogens is 218 g/mol. The highest BCUT2D eigenvalue weighted by Crippen LogP contribution is 2.10. The van der Waals surface area contributed by atoms with Crippen molar-refractivity contribution in [3.8, 4) is 0 Å². The number of carbonyl (C=O) groups is 1. The van der Waals surface area contributed by atoms with E-state index in [1.54, 1.807) is 6.92 Å². The van der Waals surface area contributed by atoms with Crippen LogP contribution < -0.4 is 5.73 Å². The highest BCUT2D eigenvalue weighted by Gasteiger charge is 2.24. The van der Waals surface area contributed by atoms with Gasteiger partial charge in [0.2, 0.25) is 9.84 Å². The molecule has 0 aliphatic carbocycles. The summed E-state index contributed by atoms with van der Waals surface area (Å²) >= 11 is 0. The Labute approximate surface area is 88.0 Å². The molecule has 0 radical (unpaired) electrons. The van der Waals surface area contributed by atoms with Gasteiger partial charge >= 0.3 is 0 Å². The van der Waals surface area contributed by atoms with Gasteiger partial charge in [-0.2, -0.15) is 5.10 Å². The van der Waals surface area contributed by atoms with E-state index in [4.69, 9.17) is 5.73 Å². The molecule has 7 heteroatoms. The Bertz CT molecular complexity index is 475. The molecule has 2 N–H and O–H groups in total. The van der Waals surface area contributed by atoms with E-state index in [-0.39, 0.29) is 17.3 Å². The van der Waals surface area contributed by atoms with Gasteiger partial charge in [-0.1, -0.05) is 6.92 Å². The van der Waals surface area contributed by atoms with Crippen LogP contribution in [0.15, 0.2) is 6.07 Å². The number of hydrogen-bond acceptors (Lipinski definition) is 5. The van der Waals surface area contributed by atoms with Crippen molar-refractivity contribution in [1.29, 1.82) is 0 Å². The Balaban J connectivity index is 3.13. The number of anilines is 1. The second kappa shape index (κ2) is 4.01. The van der Waals surface area contributed by atoms with Gasteiger partial charge in [0.15, 0.2) is 0 Å². The minimum Gasteiger partial charge on any atom is -0.384 e. The van der Waals surface area contributed by atoms with Crippen LogP contribution in [0.5, 0.6) is 0 Å². The highest BCUT2D eigenvalue weighted by atomic mass is 32.2. The third-order valence-electron chi connectivity index (χ3n) is 1.98. The number of hydrogen-bond donors (Lipinski definition) is 1. The SMILES string of the molecule is CCn1nc(C(=O)S(=O)(=O)CC)cc1N. The average Bonchev–Trinajstić information content (AvgIpc) is 2.58. The van der Waals surface area contributed by atoms with E-state index in [2.05, 4.69) is 5.10 Å². The van der Waals surface area contributed by atoms with E-state index in [0.717, 1.165) is 0 Å². The van der Waals surface area contributed by atoms with Crippen LogP contribution in [-0.2, 0) is 16.4 Å². The fourth-order valence-electron chi connectivity index (χ4n) is 1.07. The first-order valence-electron chi connectivity index (χ1n) is 4.52. The molecule has 0 aliphatic rings. The van der Waals surface area contributed by atoms with Crippen LogP contribution in [0.4, 0.5) is 5.82 Å². The zero-order valence-corrected chi connectivity index (χ0v) is 9.41. The summed E-state index contributed by atoms with van der Waals surface area (Å²) in [5.41, 5.74) is 5.41. The highest BCUT2D eigenvalue weighted by molar-refractivity contribution is 8.06. The third-order valence-corrected chi connectivity index (χ3v) is 3.52. The van der Waals surface area contributed by atoms with Gasteiger partial charge in [0.05, 0.1) is 5.75 Å². The minimum atomic E-state index is -3.73. The lowest BCUT2D eigenvalue weighted by atomic mass is 10.4. The third kappa shape index (κ3) is 2.17. The maximum Gasteiger partial charge on any atom is 0.296 e. The standard InChI is InChI=1S/C8H13N3O3S/c1-3-11-7(9)5-6(10-11)8(12)15(13,14)4-2/h5H,3-4,9H2,1-2H3. The van der Waals surface area contributed by atoms with Gasteiger partial charge in [0.25, 0.3) is 5.12 Å². The predicted molar refractivity (Wildman–Crippen MR) is 56.1 cm³/mol. The summed E-state index contributed by atoms with van der Waals surface area (Å²) in [6.45, 7) is 3.70. The van der Waals surface area contributed by atoms with Crippen molar-refractivity contribution in [3.63, 3.8) is 0 Å². The molecule has 0 saturated heterocycles. The van der Waals surface area contributed by atoms with E-state index in [1.807, 2.05) is 0 Å². The maximum atomic E-state index is 11.5. The van der Waals surface area contributed by atoms with Crippen LogP contribution in [0.2, 0.25) is 0 Å².